The topological polar surface area (TPSA) is 57.0 Å². The summed E-state index contributed by atoms with van der Waals surface area (Å²) in [5, 5.41) is 0.952. The number of esters is 1. The highest BCUT2D eigenvalue weighted by Crippen LogP contribution is 2.28. The van der Waals surface area contributed by atoms with E-state index in [-0.39, 0.29) is 5.97 Å². The molecular weight excluding hydrogens is 382 g/mol. The second-order valence-electron chi connectivity index (χ2n) is 6.75. The molecule has 0 amide bonds. The number of methoxy groups -OCH3 is 1. The van der Waals surface area contributed by atoms with Crippen molar-refractivity contribution < 1.29 is 9.53 Å². The van der Waals surface area contributed by atoms with E-state index in [4.69, 9.17) is 9.72 Å². The third-order valence-electron chi connectivity index (χ3n) is 4.85. The van der Waals surface area contributed by atoms with Crippen LogP contribution in [0, 0.1) is 6.92 Å². The van der Waals surface area contributed by atoms with Crippen LogP contribution in [0.5, 0.6) is 0 Å². The zero-order valence-corrected chi connectivity index (χ0v) is 17.1. The lowest BCUT2D eigenvalue weighted by Gasteiger charge is -2.11. The monoisotopic (exact) mass is 403 g/mol. The number of benzene rings is 2. The molecular formula is C23H21N3O2S. The number of hydrogen-bond donors (Lipinski definition) is 0. The number of nitrogens with zero attached hydrogens (tertiary/aromatic N) is 3. The van der Waals surface area contributed by atoms with Crippen molar-refractivity contribution in [2.45, 2.75) is 24.4 Å². The molecule has 0 aliphatic carbocycles. The first kappa shape index (κ1) is 19.2. The average molecular weight is 404 g/mol. The van der Waals surface area contributed by atoms with Crippen LogP contribution in [0.1, 0.15) is 27.0 Å². The van der Waals surface area contributed by atoms with Crippen LogP contribution in [0.3, 0.4) is 0 Å². The highest BCUT2D eigenvalue weighted by Gasteiger charge is 2.13. The molecule has 0 aliphatic heterocycles. The summed E-state index contributed by atoms with van der Waals surface area (Å²) in [6.45, 7) is 2.88. The van der Waals surface area contributed by atoms with Gasteiger partial charge >= 0.3 is 5.97 Å². The normalized spacial score (nSPS) is 11.0. The zero-order valence-electron chi connectivity index (χ0n) is 16.3. The first-order chi connectivity index (χ1) is 14.2. The van der Waals surface area contributed by atoms with E-state index in [0.717, 1.165) is 34.1 Å². The zero-order chi connectivity index (χ0) is 20.2. The number of aryl methyl sites for hydroxylation is 1. The van der Waals surface area contributed by atoms with Gasteiger partial charge in [0, 0.05) is 11.9 Å². The lowest BCUT2D eigenvalue weighted by Crippen LogP contribution is -2.03. The van der Waals surface area contributed by atoms with E-state index in [9.17, 15) is 4.79 Å². The van der Waals surface area contributed by atoms with Crippen molar-refractivity contribution in [1.29, 1.82) is 0 Å². The number of thioether (sulfide) groups is 1. The van der Waals surface area contributed by atoms with Crippen LogP contribution in [-0.2, 0) is 17.0 Å². The van der Waals surface area contributed by atoms with Gasteiger partial charge in [0.2, 0.25) is 0 Å². The van der Waals surface area contributed by atoms with Crippen molar-refractivity contribution >= 4 is 28.8 Å². The molecule has 2 aromatic heterocycles. The molecule has 0 saturated heterocycles. The summed E-state index contributed by atoms with van der Waals surface area (Å²) in [5.41, 5.74) is 6.17. The number of rotatable bonds is 6. The van der Waals surface area contributed by atoms with Crippen molar-refractivity contribution in [2.75, 3.05) is 7.11 Å². The Hall–Kier alpha value is -3.12. The fourth-order valence-corrected chi connectivity index (χ4v) is 4.14. The molecule has 146 valence electrons. The van der Waals surface area contributed by atoms with Crippen LogP contribution in [-0.4, -0.2) is 27.6 Å². The molecule has 0 unspecified atom stereocenters. The number of imidazole rings is 1. The molecule has 4 aromatic rings. The van der Waals surface area contributed by atoms with Crippen molar-refractivity contribution in [3.63, 3.8) is 0 Å². The molecule has 0 aliphatic rings. The minimum Gasteiger partial charge on any atom is -0.465 e. The summed E-state index contributed by atoms with van der Waals surface area (Å²) < 4.78 is 6.98. The number of fused-ring (bicyclic) bond motifs is 1. The number of carbonyl (C=O) groups is 1. The maximum absolute atomic E-state index is 11.6. The summed E-state index contributed by atoms with van der Waals surface area (Å²) in [6, 6.07) is 17.8. The van der Waals surface area contributed by atoms with Gasteiger partial charge in [-0.05, 0) is 41.8 Å². The Morgan fingerprint density at radius 1 is 1.10 bits per heavy atom. The van der Waals surface area contributed by atoms with E-state index in [0.29, 0.717) is 5.56 Å². The van der Waals surface area contributed by atoms with E-state index in [1.165, 1.54) is 18.2 Å². The van der Waals surface area contributed by atoms with Gasteiger partial charge in [-0.15, -0.1) is 0 Å². The first-order valence-electron chi connectivity index (χ1n) is 9.30. The molecule has 0 radical (unpaired) electrons. The molecule has 29 heavy (non-hydrogen) atoms. The smallest absolute Gasteiger partial charge is 0.337 e. The fourth-order valence-electron chi connectivity index (χ4n) is 3.17. The lowest BCUT2D eigenvalue weighted by atomic mass is 10.1. The third-order valence-corrected chi connectivity index (χ3v) is 5.90. The Kier molecular flexibility index (Phi) is 5.62. The molecule has 2 heterocycles. The maximum atomic E-state index is 11.6. The molecule has 0 atom stereocenters. The minimum absolute atomic E-state index is 0.322. The SMILES string of the molecule is COC(=O)c1ccc(CSc2nc3ccncc3n2Cc2ccccc2C)cc1. The Bertz CT molecular complexity index is 1150. The molecule has 5 nitrogen and oxygen atoms in total. The molecule has 4 rings (SSSR count). The van der Waals surface area contributed by atoms with Crippen molar-refractivity contribution in [3.8, 4) is 0 Å². The van der Waals surface area contributed by atoms with Gasteiger partial charge in [0.15, 0.2) is 5.16 Å². The number of aromatic nitrogens is 3. The van der Waals surface area contributed by atoms with Gasteiger partial charge in [0.25, 0.3) is 0 Å². The van der Waals surface area contributed by atoms with Crippen molar-refractivity contribution in [3.05, 3.63) is 89.2 Å². The van der Waals surface area contributed by atoms with Gasteiger partial charge in [0.1, 0.15) is 0 Å². The standard InChI is InChI=1S/C23H21N3O2S/c1-16-5-3-4-6-19(16)14-26-21-13-24-12-11-20(21)25-23(26)29-15-17-7-9-18(10-8-17)22(27)28-2/h3-13H,14-15H2,1-2H3. The van der Waals surface area contributed by atoms with Crippen LogP contribution in [0.15, 0.2) is 72.1 Å². The molecule has 0 bridgehead atoms. The molecule has 0 N–H and O–H groups in total. The van der Waals surface area contributed by atoms with Crippen LogP contribution in [0.4, 0.5) is 0 Å². The predicted octanol–water partition coefficient (Wildman–Crippen LogP) is 4.87. The van der Waals surface area contributed by atoms with Crippen LogP contribution >= 0.6 is 11.8 Å². The lowest BCUT2D eigenvalue weighted by molar-refractivity contribution is 0.0600. The second-order valence-corrected chi connectivity index (χ2v) is 7.69. The quantitative estimate of drug-likeness (QED) is 0.340. The highest BCUT2D eigenvalue weighted by atomic mass is 32.2. The summed E-state index contributed by atoms with van der Waals surface area (Å²) >= 11 is 1.68. The third kappa shape index (κ3) is 4.17. The summed E-state index contributed by atoms with van der Waals surface area (Å²) in [4.78, 5) is 20.7. The second kappa shape index (κ2) is 8.49. The van der Waals surface area contributed by atoms with Gasteiger partial charge in [0.05, 0.1) is 36.4 Å². The predicted molar refractivity (Wildman–Crippen MR) is 115 cm³/mol. The minimum atomic E-state index is -0.322. The summed E-state index contributed by atoms with van der Waals surface area (Å²) in [5.74, 6) is 0.433. The Morgan fingerprint density at radius 3 is 2.66 bits per heavy atom. The molecule has 0 saturated carbocycles. The molecule has 2 aromatic carbocycles. The van der Waals surface area contributed by atoms with Crippen LogP contribution in [0.25, 0.3) is 11.0 Å². The molecule has 6 heteroatoms. The Balaban J connectivity index is 1.60. The van der Waals surface area contributed by atoms with E-state index >= 15 is 0 Å². The van der Waals surface area contributed by atoms with Gasteiger partial charge in [-0.1, -0.05) is 48.2 Å². The molecule has 0 spiro atoms. The first-order valence-corrected chi connectivity index (χ1v) is 10.3. The van der Waals surface area contributed by atoms with E-state index < -0.39 is 0 Å². The van der Waals surface area contributed by atoms with Crippen molar-refractivity contribution in [2.24, 2.45) is 0 Å². The van der Waals surface area contributed by atoms with Crippen LogP contribution in [0.2, 0.25) is 0 Å². The van der Waals surface area contributed by atoms with Gasteiger partial charge in [-0.25, -0.2) is 9.78 Å². The molecule has 0 fully saturated rings. The Morgan fingerprint density at radius 2 is 1.90 bits per heavy atom. The van der Waals surface area contributed by atoms with Gasteiger partial charge in [-0.3, -0.25) is 4.98 Å². The number of hydrogen-bond acceptors (Lipinski definition) is 5. The summed E-state index contributed by atoms with van der Waals surface area (Å²) in [7, 11) is 1.39. The van der Waals surface area contributed by atoms with Gasteiger partial charge < -0.3 is 9.30 Å². The largest absolute Gasteiger partial charge is 0.465 e. The van der Waals surface area contributed by atoms with Crippen LogP contribution < -0.4 is 0 Å². The average Bonchev–Trinajstić information content (AvgIpc) is 3.11. The van der Waals surface area contributed by atoms with E-state index in [1.54, 1.807) is 30.1 Å². The maximum Gasteiger partial charge on any atom is 0.337 e. The van der Waals surface area contributed by atoms with Gasteiger partial charge in [-0.2, -0.15) is 0 Å². The van der Waals surface area contributed by atoms with E-state index in [1.807, 2.05) is 24.4 Å². The summed E-state index contributed by atoms with van der Waals surface area (Å²) in [6.07, 6.45) is 3.64. The highest BCUT2D eigenvalue weighted by molar-refractivity contribution is 7.98. The fraction of sp³-hybridized carbons (Fsp3) is 0.174. The Labute approximate surface area is 173 Å². The number of pyridine rings is 1. The van der Waals surface area contributed by atoms with Crippen molar-refractivity contribution in [1.82, 2.24) is 14.5 Å². The number of carbonyl (C=O) groups excluding carboxylic acids is 1. The van der Waals surface area contributed by atoms with E-state index in [2.05, 4.69) is 40.7 Å². The number of ether oxygens (including phenoxy) is 1.